The van der Waals surface area contributed by atoms with Crippen LogP contribution in [0.15, 0.2) is 36.4 Å². The maximum atomic E-state index is 12.2. The Labute approximate surface area is 126 Å². The molecule has 21 heavy (non-hydrogen) atoms. The van der Waals surface area contributed by atoms with Crippen LogP contribution in [0.4, 0.5) is 5.69 Å². The number of anilines is 1. The highest BCUT2D eigenvalue weighted by Gasteiger charge is 2.11. The summed E-state index contributed by atoms with van der Waals surface area (Å²) in [6, 6.07) is 8.86. The molecule has 5 heteroatoms. The standard InChI is InChI=1S/C16H15NO3S/c1-10-9-14(11(2)21-10)16(20)17-13-6-3-12(4-7-13)5-8-15(18)19/h3-9H,1-2H3,(H,17,20)(H,18,19)/b8-5+. The first-order valence-electron chi connectivity index (χ1n) is 6.35. The number of rotatable bonds is 4. The largest absolute Gasteiger partial charge is 0.478 e. The SMILES string of the molecule is Cc1cc(C(=O)Nc2ccc(/C=C/C(=O)O)cc2)c(C)s1. The Morgan fingerprint density at radius 2 is 1.86 bits per heavy atom. The minimum atomic E-state index is -0.990. The summed E-state index contributed by atoms with van der Waals surface area (Å²) in [7, 11) is 0. The second-order valence-electron chi connectivity index (χ2n) is 4.57. The summed E-state index contributed by atoms with van der Waals surface area (Å²) in [6.07, 6.45) is 2.57. The molecule has 0 fully saturated rings. The number of carbonyl (C=O) groups is 2. The van der Waals surface area contributed by atoms with Crippen molar-refractivity contribution < 1.29 is 14.7 Å². The predicted molar refractivity (Wildman–Crippen MR) is 84.9 cm³/mol. The molecule has 1 aromatic carbocycles. The lowest BCUT2D eigenvalue weighted by Gasteiger charge is -2.05. The zero-order chi connectivity index (χ0) is 15.4. The molecule has 2 N–H and O–H groups in total. The number of hydrogen-bond donors (Lipinski definition) is 2. The van der Waals surface area contributed by atoms with Crippen LogP contribution in [-0.2, 0) is 4.79 Å². The third-order valence-electron chi connectivity index (χ3n) is 2.87. The van der Waals surface area contributed by atoms with E-state index in [1.165, 1.54) is 6.08 Å². The lowest BCUT2D eigenvalue weighted by molar-refractivity contribution is -0.131. The third-order valence-corrected chi connectivity index (χ3v) is 3.84. The molecule has 0 atom stereocenters. The van der Waals surface area contributed by atoms with Crippen molar-refractivity contribution in [3.05, 3.63) is 57.3 Å². The van der Waals surface area contributed by atoms with E-state index in [-0.39, 0.29) is 5.91 Å². The Bertz CT molecular complexity index is 699. The van der Waals surface area contributed by atoms with Gasteiger partial charge in [-0.15, -0.1) is 11.3 Å². The van der Waals surface area contributed by atoms with E-state index in [2.05, 4.69) is 5.32 Å². The van der Waals surface area contributed by atoms with Crippen LogP contribution in [0.1, 0.15) is 25.7 Å². The van der Waals surface area contributed by atoms with E-state index in [9.17, 15) is 9.59 Å². The molecule has 0 aliphatic heterocycles. The zero-order valence-corrected chi connectivity index (χ0v) is 12.5. The summed E-state index contributed by atoms with van der Waals surface area (Å²) in [5.74, 6) is -1.12. The number of amides is 1. The third kappa shape index (κ3) is 4.03. The Hall–Kier alpha value is -2.40. The van der Waals surface area contributed by atoms with Crippen LogP contribution in [0, 0.1) is 13.8 Å². The van der Waals surface area contributed by atoms with Crippen LogP contribution in [0.5, 0.6) is 0 Å². The molecule has 0 aliphatic rings. The topological polar surface area (TPSA) is 66.4 Å². The molecule has 0 saturated carbocycles. The van der Waals surface area contributed by atoms with E-state index in [1.807, 2.05) is 19.9 Å². The Morgan fingerprint density at radius 1 is 1.19 bits per heavy atom. The van der Waals surface area contributed by atoms with Gasteiger partial charge in [0.1, 0.15) is 0 Å². The highest BCUT2D eigenvalue weighted by Crippen LogP contribution is 2.22. The minimum absolute atomic E-state index is 0.134. The molecule has 2 rings (SSSR count). The van der Waals surface area contributed by atoms with Crippen LogP contribution in [0.25, 0.3) is 6.08 Å². The van der Waals surface area contributed by atoms with Crippen LogP contribution in [0.2, 0.25) is 0 Å². The number of hydrogen-bond acceptors (Lipinski definition) is 3. The second-order valence-corrected chi connectivity index (χ2v) is 6.04. The van der Waals surface area contributed by atoms with Gasteiger partial charge in [-0.1, -0.05) is 12.1 Å². The van der Waals surface area contributed by atoms with E-state index in [4.69, 9.17) is 5.11 Å². The maximum absolute atomic E-state index is 12.2. The summed E-state index contributed by atoms with van der Waals surface area (Å²) in [5.41, 5.74) is 2.13. The average Bonchev–Trinajstić information content (AvgIpc) is 2.77. The van der Waals surface area contributed by atoms with Crippen molar-refractivity contribution in [1.29, 1.82) is 0 Å². The van der Waals surface area contributed by atoms with Gasteiger partial charge in [0.2, 0.25) is 0 Å². The van der Waals surface area contributed by atoms with E-state index in [1.54, 1.807) is 35.6 Å². The number of aliphatic carboxylic acids is 1. The van der Waals surface area contributed by atoms with Gasteiger partial charge in [-0.25, -0.2) is 4.79 Å². The lowest BCUT2D eigenvalue weighted by Crippen LogP contribution is -2.11. The molecule has 0 saturated heterocycles. The Balaban J connectivity index is 2.08. The molecule has 4 nitrogen and oxygen atoms in total. The molecule has 1 heterocycles. The molecule has 2 aromatic rings. The Morgan fingerprint density at radius 3 is 2.38 bits per heavy atom. The van der Waals surface area contributed by atoms with Crippen molar-refractivity contribution in [3.8, 4) is 0 Å². The summed E-state index contributed by atoms with van der Waals surface area (Å²) in [5, 5.41) is 11.4. The van der Waals surface area contributed by atoms with Gasteiger partial charge in [0.05, 0.1) is 5.56 Å². The van der Waals surface area contributed by atoms with Crippen molar-refractivity contribution in [2.45, 2.75) is 13.8 Å². The quantitative estimate of drug-likeness (QED) is 0.846. The van der Waals surface area contributed by atoms with E-state index in [0.717, 1.165) is 21.4 Å². The summed E-state index contributed by atoms with van der Waals surface area (Å²) < 4.78 is 0. The normalized spacial score (nSPS) is 10.8. The smallest absolute Gasteiger partial charge is 0.328 e. The second kappa shape index (κ2) is 6.37. The zero-order valence-electron chi connectivity index (χ0n) is 11.7. The molecule has 0 bridgehead atoms. The molecule has 1 amide bonds. The van der Waals surface area contributed by atoms with Gasteiger partial charge in [0.15, 0.2) is 0 Å². The number of carboxylic acids is 1. The van der Waals surface area contributed by atoms with Crippen LogP contribution in [0.3, 0.4) is 0 Å². The van der Waals surface area contributed by atoms with Crippen LogP contribution in [-0.4, -0.2) is 17.0 Å². The molecule has 1 aromatic heterocycles. The van der Waals surface area contributed by atoms with Gasteiger partial charge in [-0.05, 0) is 43.7 Å². The summed E-state index contributed by atoms with van der Waals surface area (Å²) in [4.78, 5) is 24.7. The molecule has 108 valence electrons. The first-order chi connectivity index (χ1) is 9.95. The fourth-order valence-corrected chi connectivity index (χ4v) is 2.82. The fourth-order valence-electron chi connectivity index (χ4n) is 1.90. The van der Waals surface area contributed by atoms with Crippen molar-refractivity contribution in [1.82, 2.24) is 0 Å². The molecule has 0 spiro atoms. The summed E-state index contributed by atoms with van der Waals surface area (Å²) >= 11 is 1.59. The van der Waals surface area contributed by atoms with Crippen molar-refractivity contribution >= 4 is 35.0 Å². The van der Waals surface area contributed by atoms with Gasteiger partial charge >= 0.3 is 5.97 Å². The summed E-state index contributed by atoms with van der Waals surface area (Å²) in [6.45, 7) is 3.89. The number of nitrogens with one attached hydrogen (secondary N) is 1. The van der Waals surface area contributed by atoms with E-state index < -0.39 is 5.97 Å². The number of benzene rings is 1. The maximum Gasteiger partial charge on any atom is 0.328 e. The van der Waals surface area contributed by atoms with Crippen molar-refractivity contribution in [3.63, 3.8) is 0 Å². The molecular formula is C16H15NO3S. The molecule has 0 radical (unpaired) electrons. The highest BCUT2D eigenvalue weighted by atomic mass is 32.1. The lowest BCUT2D eigenvalue weighted by atomic mass is 10.2. The van der Waals surface area contributed by atoms with E-state index >= 15 is 0 Å². The molecule has 0 aliphatic carbocycles. The van der Waals surface area contributed by atoms with Gasteiger partial charge in [-0.3, -0.25) is 4.79 Å². The van der Waals surface area contributed by atoms with E-state index in [0.29, 0.717) is 11.3 Å². The highest BCUT2D eigenvalue weighted by molar-refractivity contribution is 7.12. The molecular weight excluding hydrogens is 286 g/mol. The van der Waals surface area contributed by atoms with Gasteiger partial charge in [-0.2, -0.15) is 0 Å². The fraction of sp³-hybridized carbons (Fsp3) is 0.125. The van der Waals surface area contributed by atoms with Crippen molar-refractivity contribution in [2.75, 3.05) is 5.32 Å². The van der Waals surface area contributed by atoms with Crippen LogP contribution < -0.4 is 5.32 Å². The van der Waals surface area contributed by atoms with Gasteiger partial charge in [0, 0.05) is 21.5 Å². The monoisotopic (exact) mass is 301 g/mol. The van der Waals surface area contributed by atoms with Gasteiger partial charge < -0.3 is 10.4 Å². The number of aryl methyl sites for hydroxylation is 2. The Kier molecular flexibility index (Phi) is 4.55. The number of thiophene rings is 1. The molecule has 0 unspecified atom stereocenters. The van der Waals surface area contributed by atoms with Crippen LogP contribution >= 0.6 is 11.3 Å². The average molecular weight is 301 g/mol. The number of carboxylic acid groups (broad SMARTS) is 1. The number of carbonyl (C=O) groups excluding carboxylic acids is 1. The van der Waals surface area contributed by atoms with Crippen molar-refractivity contribution in [2.24, 2.45) is 0 Å². The minimum Gasteiger partial charge on any atom is -0.478 e. The predicted octanol–water partition coefficient (Wildman–Crippen LogP) is 3.72. The van der Waals surface area contributed by atoms with Gasteiger partial charge in [0.25, 0.3) is 5.91 Å². The first-order valence-corrected chi connectivity index (χ1v) is 7.17. The first kappa shape index (κ1) is 15.0.